The van der Waals surface area contributed by atoms with Gasteiger partial charge >= 0.3 is 5.97 Å². The molecule has 0 amide bonds. The van der Waals surface area contributed by atoms with Gasteiger partial charge in [0.2, 0.25) is 5.43 Å². The van der Waals surface area contributed by atoms with Gasteiger partial charge in [-0.3, -0.25) is 9.78 Å². The van der Waals surface area contributed by atoms with E-state index in [1.807, 2.05) is 11.8 Å². The molecule has 0 bridgehead atoms. The number of rotatable bonds is 3. The Bertz CT molecular complexity index is 1190. The molecule has 29 heavy (non-hydrogen) atoms. The van der Waals surface area contributed by atoms with E-state index in [9.17, 15) is 19.1 Å². The van der Waals surface area contributed by atoms with Crippen LogP contribution < -0.4 is 10.3 Å². The fourth-order valence-electron chi connectivity index (χ4n) is 4.08. The fraction of sp³-hybridized carbons (Fsp3) is 0.409. The van der Waals surface area contributed by atoms with Gasteiger partial charge in [-0.1, -0.05) is 13.8 Å². The second kappa shape index (κ2) is 6.83. The summed E-state index contributed by atoms with van der Waals surface area (Å²) >= 11 is 0. The van der Waals surface area contributed by atoms with Crippen molar-refractivity contribution in [3.63, 3.8) is 0 Å². The van der Waals surface area contributed by atoms with Gasteiger partial charge in [-0.25, -0.2) is 9.18 Å². The Morgan fingerprint density at radius 1 is 1.28 bits per heavy atom. The molecule has 1 aromatic carbocycles. The predicted molar refractivity (Wildman–Crippen MR) is 111 cm³/mol. The number of aromatic carboxylic acids is 1. The van der Waals surface area contributed by atoms with Crippen molar-refractivity contribution in [3.05, 3.63) is 46.1 Å². The second-order valence-electron chi connectivity index (χ2n) is 8.45. The summed E-state index contributed by atoms with van der Waals surface area (Å²) in [6.07, 6.45) is 4.75. The van der Waals surface area contributed by atoms with Gasteiger partial charge in [0.15, 0.2) is 0 Å². The summed E-state index contributed by atoms with van der Waals surface area (Å²) in [5.74, 6) is -1.65. The van der Waals surface area contributed by atoms with Crippen molar-refractivity contribution in [3.8, 4) is 0 Å². The van der Waals surface area contributed by atoms with Crippen molar-refractivity contribution in [1.82, 2.24) is 9.55 Å². The topological polar surface area (TPSA) is 75.4 Å². The molecular weight excluding hydrogens is 373 g/mol. The molecule has 3 aromatic rings. The minimum Gasteiger partial charge on any atom is -0.477 e. The van der Waals surface area contributed by atoms with E-state index in [0.29, 0.717) is 28.7 Å². The predicted octanol–water partition coefficient (Wildman–Crippen LogP) is 4.03. The van der Waals surface area contributed by atoms with E-state index in [4.69, 9.17) is 0 Å². The first-order chi connectivity index (χ1) is 13.7. The Hall–Kier alpha value is -2.96. The molecule has 1 aliphatic rings. The first-order valence-electron chi connectivity index (χ1n) is 9.85. The Morgan fingerprint density at radius 2 is 1.97 bits per heavy atom. The van der Waals surface area contributed by atoms with Crippen LogP contribution in [0.15, 0.2) is 29.3 Å². The molecular formula is C22H24FN3O3. The van der Waals surface area contributed by atoms with Crippen LogP contribution in [0.3, 0.4) is 0 Å². The van der Waals surface area contributed by atoms with Gasteiger partial charge in [0.05, 0.1) is 28.3 Å². The summed E-state index contributed by atoms with van der Waals surface area (Å²) in [4.78, 5) is 30.9. The third-order valence-electron chi connectivity index (χ3n) is 6.01. The van der Waals surface area contributed by atoms with E-state index < -0.39 is 11.4 Å². The smallest absolute Gasteiger partial charge is 0.341 e. The van der Waals surface area contributed by atoms with Crippen LogP contribution in [0.1, 0.15) is 44.0 Å². The highest BCUT2D eigenvalue weighted by molar-refractivity contribution is 6.07. The maximum absolute atomic E-state index is 14.9. The number of aryl methyl sites for hydroxylation is 1. The molecule has 0 radical (unpaired) electrons. The standard InChI is InChI=1S/C22H24FN3O3/c1-4-25-12-14(21(28)29)20(27)19-13-9-17(26-7-5-22(2,3)6-8-26)15(23)10-16(13)24-11-18(19)25/h9-12H,4-8H2,1-3H3,(H,28,29). The van der Waals surface area contributed by atoms with Crippen molar-refractivity contribution in [2.75, 3.05) is 18.0 Å². The Morgan fingerprint density at radius 3 is 2.59 bits per heavy atom. The lowest BCUT2D eigenvalue weighted by molar-refractivity contribution is 0.0695. The minimum absolute atomic E-state index is 0.226. The first-order valence-corrected chi connectivity index (χ1v) is 9.85. The van der Waals surface area contributed by atoms with Crippen LogP contribution in [0.4, 0.5) is 10.1 Å². The van der Waals surface area contributed by atoms with Gasteiger partial charge < -0.3 is 14.6 Å². The number of pyridine rings is 2. The number of fused-ring (bicyclic) bond motifs is 3. The highest BCUT2D eigenvalue weighted by Crippen LogP contribution is 2.35. The van der Waals surface area contributed by atoms with Gasteiger partial charge in [-0.2, -0.15) is 0 Å². The molecule has 3 heterocycles. The number of piperidine rings is 1. The van der Waals surface area contributed by atoms with Crippen molar-refractivity contribution in [2.24, 2.45) is 5.41 Å². The summed E-state index contributed by atoms with van der Waals surface area (Å²) in [6.45, 7) is 8.23. The summed E-state index contributed by atoms with van der Waals surface area (Å²) in [5.41, 5.74) is 0.694. The molecule has 0 aliphatic carbocycles. The number of carboxylic acid groups (broad SMARTS) is 1. The van der Waals surface area contributed by atoms with Crippen molar-refractivity contribution < 1.29 is 14.3 Å². The number of hydrogen-bond acceptors (Lipinski definition) is 4. The van der Waals surface area contributed by atoms with E-state index in [-0.39, 0.29) is 22.2 Å². The van der Waals surface area contributed by atoms with Gasteiger partial charge in [-0.05, 0) is 31.2 Å². The lowest BCUT2D eigenvalue weighted by Gasteiger charge is -2.38. The summed E-state index contributed by atoms with van der Waals surface area (Å²) < 4.78 is 16.6. The number of aromatic nitrogens is 2. The summed E-state index contributed by atoms with van der Waals surface area (Å²) in [6, 6.07) is 3.00. The molecule has 0 saturated carbocycles. The second-order valence-corrected chi connectivity index (χ2v) is 8.45. The number of halogens is 1. The number of nitrogens with zero attached hydrogens (tertiary/aromatic N) is 3. The molecule has 1 aliphatic heterocycles. The number of hydrogen-bond donors (Lipinski definition) is 1. The average Bonchev–Trinajstić information content (AvgIpc) is 2.67. The molecule has 0 atom stereocenters. The van der Waals surface area contributed by atoms with Crippen LogP contribution in [0, 0.1) is 11.2 Å². The van der Waals surface area contributed by atoms with Crippen LogP contribution in [0.25, 0.3) is 21.8 Å². The highest BCUT2D eigenvalue weighted by Gasteiger charge is 2.27. The van der Waals surface area contributed by atoms with E-state index in [0.717, 1.165) is 25.9 Å². The Labute approximate surface area is 167 Å². The molecule has 1 N–H and O–H groups in total. The van der Waals surface area contributed by atoms with Crippen molar-refractivity contribution in [1.29, 1.82) is 0 Å². The zero-order valence-electron chi connectivity index (χ0n) is 16.8. The summed E-state index contributed by atoms with van der Waals surface area (Å²) in [7, 11) is 0. The van der Waals surface area contributed by atoms with Crippen LogP contribution in [-0.2, 0) is 6.54 Å². The van der Waals surface area contributed by atoms with E-state index in [1.165, 1.54) is 18.5 Å². The maximum Gasteiger partial charge on any atom is 0.341 e. The first kappa shape index (κ1) is 19.4. The number of anilines is 1. The van der Waals surface area contributed by atoms with Crippen LogP contribution >= 0.6 is 0 Å². The monoisotopic (exact) mass is 397 g/mol. The van der Waals surface area contributed by atoms with Crippen LogP contribution in [-0.4, -0.2) is 33.7 Å². The van der Waals surface area contributed by atoms with E-state index in [1.54, 1.807) is 10.6 Å². The molecule has 7 heteroatoms. The zero-order chi connectivity index (χ0) is 20.9. The molecule has 0 unspecified atom stereocenters. The lowest BCUT2D eigenvalue weighted by atomic mass is 9.82. The normalized spacial score (nSPS) is 16.5. The van der Waals surface area contributed by atoms with E-state index in [2.05, 4.69) is 18.8 Å². The van der Waals surface area contributed by atoms with Gasteiger partial charge in [0, 0.05) is 37.3 Å². The molecule has 6 nitrogen and oxygen atoms in total. The molecule has 0 spiro atoms. The third kappa shape index (κ3) is 3.24. The molecule has 1 fully saturated rings. The number of benzene rings is 1. The van der Waals surface area contributed by atoms with Gasteiger partial charge in [0.1, 0.15) is 11.4 Å². The molecule has 4 rings (SSSR count). The maximum atomic E-state index is 14.9. The zero-order valence-corrected chi connectivity index (χ0v) is 16.8. The Kier molecular flexibility index (Phi) is 4.56. The number of carboxylic acids is 1. The average molecular weight is 397 g/mol. The fourth-order valence-corrected chi connectivity index (χ4v) is 4.08. The highest BCUT2D eigenvalue weighted by atomic mass is 19.1. The van der Waals surface area contributed by atoms with Gasteiger partial charge in [-0.15, -0.1) is 0 Å². The number of carbonyl (C=O) groups is 1. The molecule has 1 saturated heterocycles. The van der Waals surface area contributed by atoms with Crippen LogP contribution in [0.5, 0.6) is 0 Å². The molecule has 2 aromatic heterocycles. The van der Waals surface area contributed by atoms with Crippen molar-refractivity contribution >= 4 is 33.5 Å². The SMILES string of the molecule is CCn1cc(C(=O)O)c(=O)c2c3cc(N4CCC(C)(C)CC4)c(F)cc3ncc21. The van der Waals surface area contributed by atoms with Crippen LogP contribution in [0.2, 0.25) is 0 Å². The summed E-state index contributed by atoms with van der Waals surface area (Å²) in [5, 5.41) is 10.2. The quantitative estimate of drug-likeness (QED) is 0.675. The largest absolute Gasteiger partial charge is 0.477 e. The van der Waals surface area contributed by atoms with Crippen molar-refractivity contribution in [2.45, 2.75) is 40.2 Å². The van der Waals surface area contributed by atoms with Gasteiger partial charge in [0.25, 0.3) is 0 Å². The third-order valence-corrected chi connectivity index (χ3v) is 6.01. The minimum atomic E-state index is -1.27. The van der Waals surface area contributed by atoms with E-state index >= 15 is 0 Å². The Balaban J connectivity index is 1.99. The molecule has 152 valence electrons. The lowest BCUT2D eigenvalue weighted by Crippen LogP contribution is -2.37.